The molecular formula is C23H19N3O2S. The summed E-state index contributed by atoms with van der Waals surface area (Å²) in [4.78, 5) is 21.1. The molecule has 0 aliphatic carbocycles. The van der Waals surface area contributed by atoms with Gasteiger partial charge in [0.2, 0.25) is 5.91 Å². The number of aromatic nitrogens is 2. The first-order chi connectivity index (χ1) is 14.2. The Bertz CT molecular complexity index is 1110. The zero-order valence-electron chi connectivity index (χ0n) is 15.8. The van der Waals surface area contributed by atoms with Gasteiger partial charge in [0, 0.05) is 40.7 Å². The highest BCUT2D eigenvalue weighted by Gasteiger charge is 2.08. The van der Waals surface area contributed by atoms with Gasteiger partial charge in [-0.3, -0.25) is 9.78 Å². The molecular weight excluding hydrogens is 382 g/mol. The molecule has 5 nitrogen and oxygen atoms in total. The summed E-state index contributed by atoms with van der Waals surface area (Å²) < 4.78 is 5.18. The number of nitrogens with one attached hydrogen (secondary N) is 1. The van der Waals surface area contributed by atoms with Gasteiger partial charge in [-0.25, -0.2) is 4.98 Å². The molecule has 2 aromatic carbocycles. The smallest absolute Gasteiger partial charge is 0.228 e. The Kier molecular flexibility index (Phi) is 5.63. The van der Waals surface area contributed by atoms with Gasteiger partial charge < -0.3 is 10.1 Å². The molecule has 0 unspecified atom stereocenters. The molecule has 6 heteroatoms. The summed E-state index contributed by atoms with van der Waals surface area (Å²) in [5.74, 6) is 0.640. The molecule has 1 N–H and O–H groups in total. The maximum absolute atomic E-state index is 12.3. The summed E-state index contributed by atoms with van der Waals surface area (Å²) in [5, 5.41) is 5.90. The van der Waals surface area contributed by atoms with Crippen molar-refractivity contribution < 1.29 is 9.53 Å². The number of thiazole rings is 1. The van der Waals surface area contributed by atoms with Crippen LogP contribution in [0.15, 0.2) is 78.4 Å². The van der Waals surface area contributed by atoms with E-state index in [1.807, 2.05) is 60.0 Å². The van der Waals surface area contributed by atoms with Crippen molar-refractivity contribution in [3.8, 4) is 27.6 Å². The van der Waals surface area contributed by atoms with Crippen molar-refractivity contribution in [1.82, 2.24) is 9.97 Å². The molecule has 0 radical (unpaired) electrons. The van der Waals surface area contributed by atoms with E-state index in [4.69, 9.17) is 9.72 Å². The van der Waals surface area contributed by atoms with E-state index in [9.17, 15) is 4.79 Å². The van der Waals surface area contributed by atoms with Crippen molar-refractivity contribution in [3.63, 3.8) is 0 Å². The topological polar surface area (TPSA) is 64.1 Å². The fourth-order valence-corrected chi connectivity index (χ4v) is 3.75. The second kappa shape index (κ2) is 8.67. The van der Waals surface area contributed by atoms with Crippen LogP contribution in [0.5, 0.6) is 5.75 Å². The van der Waals surface area contributed by atoms with E-state index in [2.05, 4.69) is 10.3 Å². The van der Waals surface area contributed by atoms with Gasteiger partial charge in [0.25, 0.3) is 0 Å². The minimum atomic E-state index is -0.0698. The van der Waals surface area contributed by atoms with E-state index in [1.165, 1.54) is 0 Å². The SMILES string of the molecule is COc1cccc(NC(=O)Cc2ccc(-c3csc(-c4ccncc4)n3)cc2)c1. The van der Waals surface area contributed by atoms with Crippen molar-refractivity contribution in [2.24, 2.45) is 0 Å². The van der Waals surface area contributed by atoms with E-state index in [1.54, 1.807) is 36.9 Å². The van der Waals surface area contributed by atoms with Crippen LogP contribution < -0.4 is 10.1 Å². The van der Waals surface area contributed by atoms with Gasteiger partial charge in [0.1, 0.15) is 10.8 Å². The molecule has 0 spiro atoms. The van der Waals surface area contributed by atoms with Crippen LogP contribution in [-0.4, -0.2) is 23.0 Å². The number of rotatable bonds is 6. The fourth-order valence-electron chi connectivity index (χ4n) is 2.92. The van der Waals surface area contributed by atoms with Crippen molar-refractivity contribution in [1.29, 1.82) is 0 Å². The average Bonchev–Trinajstić information content (AvgIpc) is 3.25. The molecule has 4 rings (SSSR count). The monoisotopic (exact) mass is 401 g/mol. The molecule has 2 aromatic heterocycles. The van der Waals surface area contributed by atoms with Crippen LogP contribution in [0.2, 0.25) is 0 Å². The van der Waals surface area contributed by atoms with Crippen molar-refractivity contribution in [3.05, 3.63) is 84.0 Å². The number of hydrogen-bond acceptors (Lipinski definition) is 5. The number of ether oxygens (including phenoxy) is 1. The number of amides is 1. The maximum atomic E-state index is 12.3. The fraction of sp³-hybridized carbons (Fsp3) is 0.0870. The normalized spacial score (nSPS) is 10.5. The van der Waals surface area contributed by atoms with Crippen LogP contribution in [0.4, 0.5) is 5.69 Å². The quantitative estimate of drug-likeness (QED) is 0.490. The lowest BCUT2D eigenvalue weighted by Crippen LogP contribution is -2.14. The molecule has 144 valence electrons. The molecule has 0 aliphatic heterocycles. The van der Waals surface area contributed by atoms with E-state index >= 15 is 0 Å². The number of methoxy groups -OCH3 is 1. The second-order valence-corrected chi connectivity index (χ2v) is 7.29. The first-order valence-electron chi connectivity index (χ1n) is 9.10. The molecule has 0 aliphatic rings. The lowest BCUT2D eigenvalue weighted by atomic mass is 10.1. The standard InChI is InChI=1S/C23H19N3O2S/c1-28-20-4-2-3-19(14-20)25-22(27)13-16-5-7-17(8-6-16)21-15-29-23(26-21)18-9-11-24-12-10-18/h2-12,14-15H,13H2,1H3,(H,25,27). The van der Waals surface area contributed by atoms with E-state index in [0.717, 1.165) is 33.1 Å². The predicted octanol–water partition coefficient (Wildman–Crippen LogP) is 5.06. The van der Waals surface area contributed by atoms with Crippen LogP contribution in [0, 0.1) is 0 Å². The third-order valence-electron chi connectivity index (χ3n) is 4.40. The van der Waals surface area contributed by atoms with Crippen LogP contribution in [-0.2, 0) is 11.2 Å². The molecule has 1 amide bonds. The van der Waals surface area contributed by atoms with E-state index in [-0.39, 0.29) is 5.91 Å². The largest absolute Gasteiger partial charge is 0.497 e. The lowest BCUT2D eigenvalue weighted by Gasteiger charge is -2.07. The number of carbonyl (C=O) groups is 1. The molecule has 2 heterocycles. The van der Waals surface area contributed by atoms with Crippen molar-refractivity contribution in [2.45, 2.75) is 6.42 Å². The Morgan fingerprint density at radius 3 is 2.59 bits per heavy atom. The Balaban J connectivity index is 1.41. The van der Waals surface area contributed by atoms with Gasteiger partial charge >= 0.3 is 0 Å². The molecule has 0 bridgehead atoms. The molecule has 29 heavy (non-hydrogen) atoms. The summed E-state index contributed by atoms with van der Waals surface area (Å²) in [6.45, 7) is 0. The Labute approximate surface area is 173 Å². The number of hydrogen-bond donors (Lipinski definition) is 1. The van der Waals surface area contributed by atoms with E-state index in [0.29, 0.717) is 12.2 Å². The Morgan fingerprint density at radius 2 is 1.83 bits per heavy atom. The lowest BCUT2D eigenvalue weighted by molar-refractivity contribution is -0.115. The number of carbonyl (C=O) groups excluding carboxylic acids is 1. The second-order valence-electron chi connectivity index (χ2n) is 6.43. The highest BCUT2D eigenvalue weighted by molar-refractivity contribution is 7.13. The Hall–Kier alpha value is -3.51. The van der Waals surface area contributed by atoms with Gasteiger partial charge in [0.15, 0.2) is 0 Å². The van der Waals surface area contributed by atoms with Crippen molar-refractivity contribution >= 4 is 22.9 Å². The molecule has 4 aromatic rings. The zero-order valence-corrected chi connectivity index (χ0v) is 16.6. The third-order valence-corrected chi connectivity index (χ3v) is 5.29. The summed E-state index contributed by atoms with van der Waals surface area (Å²) in [6, 6.07) is 19.1. The summed E-state index contributed by atoms with van der Waals surface area (Å²) in [7, 11) is 1.60. The van der Waals surface area contributed by atoms with Gasteiger partial charge in [0.05, 0.1) is 19.2 Å². The third kappa shape index (κ3) is 4.67. The highest BCUT2D eigenvalue weighted by Crippen LogP contribution is 2.28. The van der Waals surface area contributed by atoms with Crippen LogP contribution >= 0.6 is 11.3 Å². The minimum absolute atomic E-state index is 0.0698. The van der Waals surface area contributed by atoms with Crippen LogP contribution in [0.25, 0.3) is 21.8 Å². The first-order valence-corrected chi connectivity index (χ1v) is 9.98. The zero-order chi connectivity index (χ0) is 20.1. The van der Waals surface area contributed by atoms with Gasteiger partial charge in [-0.2, -0.15) is 0 Å². The summed E-state index contributed by atoms with van der Waals surface area (Å²) in [5.41, 5.74) is 4.67. The molecule has 0 atom stereocenters. The van der Waals surface area contributed by atoms with Crippen LogP contribution in [0.1, 0.15) is 5.56 Å². The maximum Gasteiger partial charge on any atom is 0.228 e. The summed E-state index contributed by atoms with van der Waals surface area (Å²) in [6.07, 6.45) is 3.83. The molecule has 0 fully saturated rings. The predicted molar refractivity (Wildman–Crippen MR) is 116 cm³/mol. The van der Waals surface area contributed by atoms with E-state index < -0.39 is 0 Å². The average molecular weight is 401 g/mol. The number of anilines is 1. The molecule has 0 saturated heterocycles. The van der Waals surface area contributed by atoms with Gasteiger partial charge in [-0.15, -0.1) is 11.3 Å². The van der Waals surface area contributed by atoms with Crippen molar-refractivity contribution in [2.75, 3.05) is 12.4 Å². The van der Waals surface area contributed by atoms with Gasteiger partial charge in [-0.1, -0.05) is 30.3 Å². The first kappa shape index (κ1) is 18.8. The molecule has 0 saturated carbocycles. The van der Waals surface area contributed by atoms with Gasteiger partial charge in [-0.05, 0) is 29.8 Å². The highest BCUT2D eigenvalue weighted by atomic mass is 32.1. The number of pyridine rings is 1. The number of benzene rings is 2. The Morgan fingerprint density at radius 1 is 1.03 bits per heavy atom. The summed E-state index contributed by atoms with van der Waals surface area (Å²) >= 11 is 1.60. The minimum Gasteiger partial charge on any atom is -0.497 e. The van der Waals surface area contributed by atoms with Crippen LogP contribution in [0.3, 0.4) is 0 Å². The number of nitrogens with zero attached hydrogens (tertiary/aromatic N) is 2.